The maximum absolute atomic E-state index is 4.30. The molecule has 0 aliphatic heterocycles. The summed E-state index contributed by atoms with van der Waals surface area (Å²) in [4.78, 5) is 0. The van der Waals surface area contributed by atoms with E-state index in [0.29, 0.717) is 11.8 Å². The molecule has 22 heavy (non-hydrogen) atoms. The molecule has 1 aromatic heterocycles. The summed E-state index contributed by atoms with van der Waals surface area (Å²) in [6, 6.07) is 17.8. The van der Waals surface area contributed by atoms with Gasteiger partial charge in [0.2, 0.25) is 0 Å². The quantitative estimate of drug-likeness (QED) is 0.683. The summed E-state index contributed by atoms with van der Waals surface area (Å²) in [5, 5.41) is 4.30. The third-order valence-corrected chi connectivity index (χ3v) is 4.79. The zero-order chi connectivity index (χ0) is 15.1. The maximum atomic E-state index is 4.30. The number of hydrogen-bond acceptors (Lipinski definition) is 1. The molecule has 0 unspecified atom stereocenters. The van der Waals surface area contributed by atoms with E-state index in [-0.39, 0.29) is 0 Å². The number of hydrogen-bond donors (Lipinski definition) is 0. The molecule has 2 atom stereocenters. The first kappa shape index (κ1) is 13.3. The van der Waals surface area contributed by atoms with Crippen molar-refractivity contribution in [1.82, 2.24) is 9.78 Å². The van der Waals surface area contributed by atoms with E-state index in [1.54, 1.807) is 0 Å². The summed E-state index contributed by atoms with van der Waals surface area (Å²) in [7, 11) is 1.96. The number of fused-ring (bicyclic) bond motifs is 1. The van der Waals surface area contributed by atoms with Crippen LogP contribution in [0.5, 0.6) is 0 Å². The molecular weight excluding hydrogens is 268 g/mol. The predicted octanol–water partition coefficient (Wildman–Crippen LogP) is 4.41. The number of aryl methyl sites for hydroxylation is 1. The summed E-state index contributed by atoms with van der Waals surface area (Å²) in [6.45, 7) is 2.36. The van der Waals surface area contributed by atoms with Crippen LogP contribution in [0.25, 0.3) is 11.1 Å². The average molecular weight is 288 g/mol. The highest BCUT2D eigenvalue weighted by molar-refractivity contribution is 5.65. The first-order valence-corrected chi connectivity index (χ1v) is 7.89. The Balaban J connectivity index is 1.80. The van der Waals surface area contributed by atoms with E-state index in [9.17, 15) is 0 Å². The van der Waals surface area contributed by atoms with Gasteiger partial charge in [-0.1, -0.05) is 55.5 Å². The van der Waals surface area contributed by atoms with Crippen LogP contribution in [0.15, 0.2) is 60.9 Å². The van der Waals surface area contributed by atoms with Gasteiger partial charge in [0.15, 0.2) is 0 Å². The van der Waals surface area contributed by atoms with Gasteiger partial charge in [0, 0.05) is 24.7 Å². The van der Waals surface area contributed by atoms with Crippen molar-refractivity contribution in [2.75, 3.05) is 0 Å². The Labute approximate surface area is 131 Å². The monoisotopic (exact) mass is 288 g/mol. The molecule has 0 saturated heterocycles. The number of benzene rings is 2. The molecule has 0 radical (unpaired) electrons. The van der Waals surface area contributed by atoms with Gasteiger partial charge in [-0.15, -0.1) is 0 Å². The lowest BCUT2D eigenvalue weighted by atomic mass is 9.86. The van der Waals surface area contributed by atoms with Crippen LogP contribution in [-0.4, -0.2) is 9.78 Å². The van der Waals surface area contributed by atoms with Gasteiger partial charge in [0.05, 0.1) is 6.20 Å². The maximum Gasteiger partial charge on any atom is 0.0568 e. The lowest BCUT2D eigenvalue weighted by Crippen LogP contribution is -2.05. The Morgan fingerprint density at radius 3 is 2.59 bits per heavy atom. The molecule has 0 saturated carbocycles. The Hall–Kier alpha value is -2.35. The highest BCUT2D eigenvalue weighted by Crippen LogP contribution is 2.43. The van der Waals surface area contributed by atoms with Crippen LogP contribution in [0.4, 0.5) is 0 Å². The van der Waals surface area contributed by atoms with Crippen LogP contribution >= 0.6 is 0 Å². The van der Waals surface area contributed by atoms with Crippen molar-refractivity contribution in [3.63, 3.8) is 0 Å². The van der Waals surface area contributed by atoms with Crippen molar-refractivity contribution in [2.24, 2.45) is 13.0 Å². The average Bonchev–Trinajstić information content (AvgIpc) is 3.10. The molecule has 1 aliphatic rings. The van der Waals surface area contributed by atoms with Gasteiger partial charge in [-0.3, -0.25) is 4.68 Å². The first-order chi connectivity index (χ1) is 10.7. The van der Waals surface area contributed by atoms with Crippen LogP contribution in [0.1, 0.15) is 29.5 Å². The van der Waals surface area contributed by atoms with Gasteiger partial charge in [-0.2, -0.15) is 5.10 Å². The molecule has 0 N–H and O–H groups in total. The zero-order valence-electron chi connectivity index (χ0n) is 13.0. The van der Waals surface area contributed by atoms with Crippen molar-refractivity contribution in [3.05, 3.63) is 77.6 Å². The molecule has 1 heterocycles. The minimum atomic E-state index is 0.507. The van der Waals surface area contributed by atoms with Crippen LogP contribution in [0.3, 0.4) is 0 Å². The molecule has 2 aromatic carbocycles. The Kier molecular flexibility index (Phi) is 3.11. The second-order valence-electron chi connectivity index (χ2n) is 6.39. The molecule has 0 fully saturated rings. The van der Waals surface area contributed by atoms with Gasteiger partial charge in [-0.05, 0) is 34.6 Å². The normalized spacial score (nSPS) is 20.1. The molecular formula is C20H20N2. The van der Waals surface area contributed by atoms with E-state index >= 15 is 0 Å². The first-order valence-electron chi connectivity index (χ1n) is 7.89. The van der Waals surface area contributed by atoms with E-state index < -0.39 is 0 Å². The predicted molar refractivity (Wildman–Crippen MR) is 89.8 cm³/mol. The van der Waals surface area contributed by atoms with Crippen molar-refractivity contribution in [2.45, 2.75) is 19.3 Å². The van der Waals surface area contributed by atoms with Crippen molar-refractivity contribution < 1.29 is 0 Å². The van der Waals surface area contributed by atoms with Crippen molar-refractivity contribution >= 4 is 0 Å². The molecule has 110 valence electrons. The molecule has 1 aliphatic carbocycles. The summed E-state index contributed by atoms with van der Waals surface area (Å²) in [5.74, 6) is 1.16. The highest BCUT2D eigenvalue weighted by atomic mass is 15.2. The number of nitrogens with zero attached hydrogens (tertiary/aromatic N) is 2. The molecule has 0 bridgehead atoms. The Bertz CT molecular complexity index is 802. The van der Waals surface area contributed by atoms with Gasteiger partial charge in [0.1, 0.15) is 0 Å². The summed E-state index contributed by atoms with van der Waals surface area (Å²) in [6.07, 6.45) is 5.19. The van der Waals surface area contributed by atoms with E-state index in [0.717, 1.165) is 0 Å². The number of aromatic nitrogens is 2. The van der Waals surface area contributed by atoms with Crippen LogP contribution in [0.2, 0.25) is 0 Å². The van der Waals surface area contributed by atoms with Crippen molar-refractivity contribution in [1.29, 1.82) is 0 Å². The highest BCUT2D eigenvalue weighted by Gasteiger charge is 2.30. The molecule has 3 aromatic rings. The van der Waals surface area contributed by atoms with E-state index in [1.165, 1.54) is 34.2 Å². The number of rotatable bonds is 2. The summed E-state index contributed by atoms with van der Waals surface area (Å²) >= 11 is 0. The fourth-order valence-electron chi connectivity index (χ4n) is 3.76. The minimum absolute atomic E-state index is 0.507. The minimum Gasteiger partial charge on any atom is -0.275 e. The lowest BCUT2D eigenvalue weighted by Gasteiger charge is -2.17. The second kappa shape index (κ2) is 5.13. The van der Waals surface area contributed by atoms with Gasteiger partial charge < -0.3 is 0 Å². The third kappa shape index (κ3) is 2.16. The molecule has 2 heteroatoms. The SMILES string of the molecule is C[C@H]1Cc2ccc(-c3cnn(C)c3)cc2[C@@H]1c1ccccc1. The standard InChI is InChI=1S/C20H20N2/c1-14-10-17-9-8-16(18-12-21-22(2)13-18)11-19(17)20(14)15-6-4-3-5-7-15/h3-9,11-14,20H,10H2,1-2H3/t14-,20-/m0/s1. The zero-order valence-corrected chi connectivity index (χ0v) is 13.0. The smallest absolute Gasteiger partial charge is 0.0568 e. The molecule has 4 rings (SSSR count). The van der Waals surface area contributed by atoms with Crippen LogP contribution < -0.4 is 0 Å². The molecule has 0 spiro atoms. The summed E-state index contributed by atoms with van der Waals surface area (Å²) in [5.41, 5.74) is 6.87. The van der Waals surface area contributed by atoms with Gasteiger partial charge in [-0.25, -0.2) is 0 Å². The fraction of sp³-hybridized carbons (Fsp3) is 0.250. The molecule has 0 amide bonds. The Morgan fingerprint density at radius 1 is 1.05 bits per heavy atom. The van der Waals surface area contributed by atoms with Crippen LogP contribution in [0, 0.1) is 5.92 Å². The lowest BCUT2D eigenvalue weighted by molar-refractivity contribution is 0.557. The van der Waals surface area contributed by atoms with Crippen molar-refractivity contribution in [3.8, 4) is 11.1 Å². The largest absolute Gasteiger partial charge is 0.275 e. The topological polar surface area (TPSA) is 17.8 Å². The molecule has 2 nitrogen and oxygen atoms in total. The van der Waals surface area contributed by atoms with E-state index in [2.05, 4.69) is 66.8 Å². The fourth-order valence-corrected chi connectivity index (χ4v) is 3.76. The van der Waals surface area contributed by atoms with Gasteiger partial charge in [0.25, 0.3) is 0 Å². The Morgan fingerprint density at radius 2 is 1.86 bits per heavy atom. The third-order valence-electron chi connectivity index (χ3n) is 4.79. The van der Waals surface area contributed by atoms with Crippen LogP contribution in [-0.2, 0) is 13.5 Å². The summed E-state index contributed by atoms with van der Waals surface area (Å²) < 4.78 is 1.86. The van der Waals surface area contributed by atoms with E-state index in [4.69, 9.17) is 0 Å². The van der Waals surface area contributed by atoms with Gasteiger partial charge >= 0.3 is 0 Å². The second-order valence-corrected chi connectivity index (χ2v) is 6.39. The van der Waals surface area contributed by atoms with E-state index in [1.807, 2.05) is 17.9 Å².